The topological polar surface area (TPSA) is 24.9 Å². The number of pyridine rings is 1. The Balaban J connectivity index is 2.16. The maximum Gasteiger partial charge on any atom is 0.0640 e. The van der Waals surface area contributed by atoms with E-state index in [1.54, 1.807) is 6.20 Å². The van der Waals surface area contributed by atoms with E-state index in [2.05, 4.69) is 17.2 Å². The van der Waals surface area contributed by atoms with Crippen molar-refractivity contribution >= 4 is 17.3 Å². The first-order valence-corrected chi connectivity index (χ1v) is 5.97. The highest BCUT2D eigenvalue weighted by atomic mass is 35.5. The van der Waals surface area contributed by atoms with Gasteiger partial charge in [-0.15, -0.1) is 0 Å². The molecule has 2 nitrogen and oxygen atoms in total. The molecule has 0 saturated heterocycles. The highest BCUT2D eigenvalue weighted by molar-refractivity contribution is 6.33. The summed E-state index contributed by atoms with van der Waals surface area (Å²) in [5, 5.41) is 4.13. The normalized spacial score (nSPS) is 12.2. The summed E-state index contributed by atoms with van der Waals surface area (Å²) in [6.45, 7) is 4.12. The van der Waals surface area contributed by atoms with Crippen molar-refractivity contribution in [1.29, 1.82) is 0 Å². The Morgan fingerprint density at radius 1 is 1.29 bits per heavy atom. The van der Waals surface area contributed by atoms with E-state index in [0.29, 0.717) is 0 Å². The van der Waals surface area contributed by atoms with Crippen LogP contribution in [-0.2, 0) is 0 Å². The highest BCUT2D eigenvalue weighted by Crippen LogP contribution is 2.26. The predicted octanol–water partition coefficient (Wildman–Crippen LogP) is 4.22. The number of aromatic nitrogens is 1. The molecule has 0 amide bonds. The van der Waals surface area contributed by atoms with E-state index in [-0.39, 0.29) is 6.04 Å². The Bertz CT molecular complexity index is 497. The molecular formula is C14H15ClN2. The third-order valence-electron chi connectivity index (χ3n) is 2.68. The molecule has 88 valence electrons. The molecule has 0 spiro atoms. The molecule has 1 aromatic heterocycles. The number of nitrogens with one attached hydrogen (secondary N) is 1. The zero-order valence-corrected chi connectivity index (χ0v) is 10.7. The molecule has 0 radical (unpaired) electrons. The minimum absolute atomic E-state index is 0.184. The molecule has 1 atom stereocenters. The summed E-state index contributed by atoms with van der Waals surface area (Å²) in [6.07, 6.45) is 3.63. The number of rotatable bonds is 3. The average Bonchev–Trinajstić information content (AvgIpc) is 2.34. The maximum absolute atomic E-state index is 6.18. The molecule has 0 aliphatic heterocycles. The minimum Gasteiger partial charge on any atom is -0.377 e. The van der Waals surface area contributed by atoms with Gasteiger partial charge in [0, 0.05) is 12.4 Å². The van der Waals surface area contributed by atoms with Crippen molar-refractivity contribution in [2.75, 3.05) is 5.32 Å². The van der Waals surface area contributed by atoms with Crippen molar-refractivity contribution in [2.45, 2.75) is 19.9 Å². The lowest BCUT2D eigenvalue weighted by Gasteiger charge is -2.16. The summed E-state index contributed by atoms with van der Waals surface area (Å²) in [7, 11) is 0. The minimum atomic E-state index is 0.184. The van der Waals surface area contributed by atoms with E-state index in [0.717, 1.165) is 21.8 Å². The van der Waals surface area contributed by atoms with Crippen LogP contribution in [0.5, 0.6) is 0 Å². The van der Waals surface area contributed by atoms with Crippen molar-refractivity contribution in [3.05, 3.63) is 58.9 Å². The molecule has 2 aromatic rings. The van der Waals surface area contributed by atoms with Crippen LogP contribution in [-0.4, -0.2) is 4.98 Å². The van der Waals surface area contributed by atoms with E-state index >= 15 is 0 Å². The number of hydrogen-bond acceptors (Lipinski definition) is 2. The van der Waals surface area contributed by atoms with E-state index in [4.69, 9.17) is 11.6 Å². The molecule has 17 heavy (non-hydrogen) atoms. The molecule has 0 aliphatic rings. The van der Waals surface area contributed by atoms with Crippen molar-refractivity contribution in [2.24, 2.45) is 0 Å². The summed E-state index contributed by atoms with van der Waals surface area (Å²) >= 11 is 6.18. The number of nitrogens with zero attached hydrogens (tertiary/aromatic N) is 1. The largest absolute Gasteiger partial charge is 0.377 e. The van der Waals surface area contributed by atoms with Gasteiger partial charge < -0.3 is 5.32 Å². The van der Waals surface area contributed by atoms with Gasteiger partial charge >= 0.3 is 0 Å². The molecule has 1 N–H and O–H groups in total. The van der Waals surface area contributed by atoms with Crippen LogP contribution < -0.4 is 5.32 Å². The van der Waals surface area contributed by atoms with Crippen LogP contribution in [0.15, 0.2) is 42.7 Å². The molecule has 1 aromatic carbocycles. The van der Waals surface area contributed by atoms with Crippen LogP contribution in [0.25, 0.3) is 0 Å². The first kappa shape index (κ1) is 11.9. The fourth-order valence-electron chi connectivity index (χ4n) is 1.69. The van der Waals surface area contributed by atoms with Gasteiger partial charge in [0.1, 0.15) is 0 Å². The Kier molecular flexibility index (Phi) is 3.64. The summed E-state index contributed by atoms with van der Waals surface area (Å²) < 4.78 is 0. The number of anilines is 1. The zero-order valence-electron chi connectivity index (χ0n) is 9.94. The Morgan fingerprint density at radius 3 is 2.76 bits per heavy atom. The van der Waals surface area contributed by atoms with Gasteiger partial charge in [-0.2, -0.15) is 0 Å². The van der Waals surface area contributed by atoms with E-state index in [1.165, 1.54) is 0 Å². The summed E-state index contributed by atoms with van der Waals surface area (Å²) in [6, 6.07) is 10.2. The van der Waals surface area contributed by atoms with Crippen molar-refractivity contribution in [3.63, 3.8) is 0 Å². The van der Waals surface area contributed by atoms with Crippen LogP contribution >= 0.6 is 11.6 Å². The van der Waals surface area contributed by atoms with Crippen molar-refractivity contribution in [1.82, 2.24) is 4.98 Å². The van der Waals surface area contributed by atoms with Gasteiger partial charge in [-0.1, -0.05) is 23.7 Å². The number of aryl methyl sites for hydroxylation is 1. The van der Waals surface area contributed by atoms with Crippen LogP contribution in [0.4, 0.5) is 5.69 Å². The van der Waals surface area contributed by atoms with Gasteiger partial charge in [0.2, 0.25) is 0 Å². The summed E-state index contributed by atoms with van der Waals surface area (Å²) in [4.78, 5) is 4.11. The number of hydrogen-bond donors (Lipinski definition) is 1. The predicted molar refractivity (Wildman–Crippen MR) is 72.5 cm³/mol. The third-order valence-corrected chi connectivity index (χ3v) is 2.99. The molecule has 2 rings (SSSR count). The molecule has 0 bridgehead atoms. The summed E-state index contributed by atoms with van der Waals surface area (Å²) in [5.41, 5.74) is 3.26. The standard InChI is InChI=1S/C14H15ClN2/c1-10-5-6-14(13(15)8-10)17-11(2)12-4-3-7-16-9-12/h3-9,11,17H,1-2H3. The molecular weight excluding hydrogens is 232 g/mol. The van der Waals surface area contributed by atoms with Gasteiger partial charge in [-0.05, 0) is 43.2 Å². The Hall–Kier alpha value is -1.54. The fourth-order valence-corrected chi connectivity index (χ4v) is 1.98. The molecule has 1 unspecified atom stereocenters. The SMILES string of the molecule is Cc1ccc(NC(C)c2cccnc2)c(Cl)c1. The molecule has 0 fully saturated rings. The smallest absolute Gasteiger partial charge is 0.0640 e. The lowest BCUT2D eigenvalue weighted by atomic mass is 10.1. The van der Waals surface area contributed by atoms with Crippen LogP contribution in [0.3, 0.4) is 0 Å². The lowest BCUT2D eigenvalue weighted by molar-refractivity contribution is 0.875. The Labute approximate surface area is 107 Å². The third kappa shape index (κ3) is 2.98. The van der Waals surface area contributed by atoms with Crippen LogP contribution in [0.2, 0.25) is 5.02 Å². The van der Waals surface area contributed by atoms with Gasteiger partial charge in [0.25, 0.3) is 0 Å². The molecule has 0 saturated carbocycles. The maximum atomic E-state index is 6.18. The zero-order chi connectivity index (χ0) is 12.3. The van der Waals surface area contributed by atoms with Crippen LogP contribution in [0.1, 0.15) is 24.1 Å². The first-order chi connectivity index (χ1) is 8.16. The monoisotopic (exact) mass is 246 g/mol. The van der Waals surface area contributed by atoms with Gasteiger partial charge in [0.05, 0.1) is 16.8 Å². The second kappa shape index (κ2) is 5.19. The fraction of sp³-hybridized carbons (Fsp3) is 0.214. The van der Waals surface area contributed by atoms with E-state index < -0.39 is 0 Å². The molecule has 3 heteroatoms. The quantitative estimate of drug-likeness (QED) is 0.877. The highest BCUT2D eigenvalue weighted by Gasteiger charge is 2.07. The lowest BCUT2D eigenvalue weighted by Crippen LogP contribution is -2.07. The van der Waals surface area contributed by atoms with Gasteiger partial charge in [-0.3, -0.25) is 4.98 Å². The second-order valence-corrected chi connectivity index (χ2v) is 4.54. The molecule has 1 heterocycles. The van der Waals surface area contributed by atoms with Gasteiger partial charge in [0.15, 0.2) is 0 Å². The van der Waals surface area contributed by atoms with Crippen LogP contribution in [0, 0.1) is 6.92 Å². The summed E-state index contributed by atoms with van der Waals surface area (Å²) in [5.74, 6) is 0. The van der Waals surface area contributed by atoms with E-state index in [1.807, 2.05) is 43.5 Å². The number of halogens is 1. The van der Waals surface area contributed by atoms with Gasteiger partial charge in [-0.25, -0.2) is 0 Å². The molecule has 0 aliphatic carbocycles. The van der Waals surface area contributed by atoms with Crippen molar-refractivity contribution < 1.29 is 0 Å². The number of benzene rings is 1. The first-order valence-electron chi connectivity index (χ1n) is 5.59. The van der Waals surface area contributed by atoms with Crippen molar-refractivity contribution in [3.8, 4) is 0 Å². The Morgan fingerprint density at radius 2 is 2.12 bits per heavy atom. The van der Waals surface area contributed by atoms with E-state index in [9.17, 15) is 0 Å². The average molecular weight is 247 g/mol. The second-order valence-electron chi connectivity index (χ2n) is 4.14.